The van der Waals surface area contributed by atoms with Gasteiger partial charge < -0.3 is 10.2 Å². The average Bonchev–Trinajstić information content (AvgIpc) is 3.27. The van der Waals surface area contributed by atoms with Crippen molar-refractivity contribution >= 4 is 11.5 Å². The summed E-state index contributed by atoms with van der Waals surface area (Å²) in [4.78, 5) is 21.6. The van der Waals surface area contributed by atoms with Crippen LogP contribution in [0.15, 0.2) is 12.3 Å². The maximum Gasteiger partial charge on any atom is 0.177 e. The van der Waals surface area contributed by atoms with Gasteiger partial charge in [0.05, 0.1) is 11.4 Å². The number of aromatic nitrogens is 6. The molecule has 1 N–H and O–H groups in total. The Morgan fingerprint density at radius 1 is 0.968 bits per heavy atom. The molecule has 0 bridgehead atoms. The summed E-state index contributed by atoms with van der Waals surface area (Å²) in [5.74, 6) is 3.38. The first-order valence-electron chi connectivity index (χ1n) is 11.7. The Morgan fingerprint density at radius 3 is 2.52 bits per heavy atom. The maximum absolute atomic E-state index is 5.02. The van der Waals surface area contributed by atoms with E-state index in [1.807, 2.05) is 24.6 Å². The Labute approximate surface area is 183 Å². The zero-order chi connectivity index (χ0) is 21.2. The van der Waals surface area contributed by atoms with Gasteiger partial charge in [0.25, 0.3) is 0 Å². The molecule has 5 rings (SSSR count). The fourth-order valence-electron chi connectivity index (χ4n) is 4.69. The van der Waals surface area contributed by atoms with Crippen LogP contribution >= 0.6 is 0 Å². The van der Waals surface area contributed by atoms with Crippen molar-refractivity contribution < 1.29 is 0 Å². The second-order valence-electron chi connectivity index (χ2n) is 8.89. The first-order chi connectivity index (χ1) is 15.2. The molecular weight excluding hydrogens is 388 g/mol. The lowest BCUT2D eigenvalue weighted by molar-refractivity contribution is 0.451. The lowest BCUT2D eigenvalue weighted by Crippen LogP contribution is -2.31. The van der Waals surface area contributed by atoms with Crippen LogP contribution in [-0.2, 0) is 12.8 Å². The van der Waals surface area contributed by atoms with Gasteiger partial charge in [-0.1, -0.05) is 0 Å². The van der Waals surface area contributed by atoms with Crippen LogP contribution in [0.1, 0.15) is 66.8 Å². The summed E-state index contributed by atoms with van der Waals surface area (Å²) in [6, 6.07) is 2.26. The average molecular weight is 421 g/mol. The molecule has 0 amide bonds. The Balaban J connectivity index is 1.40. The van der Waals surface area contributed by atoms with E-state index in [9.17, 15) is 0 Å². The third-order valence-corrected chi connectivity index (χ3v) is 6.54. The second-order valence-corrected chi connectivity index (χ2v) is 8.89. The van der Waals surface area contributed by atoms with Crippen molar-refractivity contribution in [1.82, 2.24) is 34.9 Å². The van der Waals surface area contributed by atoms with E-state index in [0.717, 1.165) is 86.4 Å². The summed E-state index contributed by atoms with van der Waals surface area (Å²) in [6.45, 7) is 8.32. The van der Waals surface area contributed by atoms with Gasteiger partial charge in [-0.25, -0.2) is 19.5 Å². The molecule has 0 saturated carbocycles. The van der Waals surface area contributed by atoms with E-state index in [1.54, 1.807) is 0 Å². The molecule has 0 radical (unpaired) electrons. The molecule has 3 aromatic heterocycles. The highest BCUT2D eigenvalue weighted by molar-refractivity contribution is 5.43. The van der Waals surface area contributed by atoms with E-state index < -0.39 is 0 Å². The third-order valence-electron chi connectivity index (χ3n) is 6.54. The van der Waals surface area contributed by atoms with E-state index in [-0.39, 0.29) is 0 Å². The number of aryl methyl sites for hydroxylation is 4. The van der Waals surface area contributed by atoms with Gasteiger partial charge in [-0.15, -0.1) is 0 Å². The summed E-state index contributed by atoms with van der Waals surface area (Å²) < 4.78 is 1.89. The highest BCUT2D eigenvalue weighted by Gasteiger charge is 2.21. The number of anilines is 1. The molecule has 164 valence electrons. The number of piperidine rings is 2. The molecule has 2 fully saturated rings. The van der Waals surface area contributed by atoms with Crippen LogP contribution in [0.4, 0.5) is 5.82 Å². The quantitative estimate of drug-likeness (QED) is 0.679. The van der Waals surface area contributed by atoms with Gasteiger partial charge in [0.1, 0.15) is 11.6 Å². The topological polar surface area (TPSA) is 84.1 Å². The predicted molar refractivity (Wildman–Crippen MR) is 121 cm³/mol. The van der Waals surface area contributed by atoms with Crippen LogP contribution < -0.4 is 10.2 Å². The summed E-state index contributed by atoms with van der Waals surface area (Å²) in [7, 11) is 0. The Hall–Kier alpha value is -2.61. The molecule has 2 saturated heterocycles. The van der Waals surface area contributed by atoms with Crippen LogP contribution in [0.2, 0.25) is 0 Å². The molecule has 0 spiro atoms. The standard InChI is InChI=1S/C23H32N8/c1-16-15-25-17(2)23-28-21(29-31(16)23)7-6-20-26-19(18-8-10-24-11-9-18)14-22(27-20)30-12-4-3-5-13-30/h14-15,18,24H,3-13H2,1-2H3. The van der Waals surface area contributed by atoms with Gasteiger partial charge in [0, 0.05) is 49.8 Å². The molecule has 0 aromatic carbocycles. The first-order valence-corrected chi connectivity index (χ1v) is 11.7. The van der Waals surface area contributed by atoms with Gasteiger partial charge in [0.15, 0.2) is 11.5 Å². The van der Waals surface area contributed by atoms with Crippen molar-refractivity contribution in [2.45, 2.75) is 64.7 Å². The van der Waals surface area contributed by atoms with Gasteiger partial charge in [0.2, 0.25) is 0 Å². The highest BCUT2D eigenvalue weighted by atomic mass is 15.3. The van der Waals surface area contributed by atoms with Gasteiger partial charge in [-0.3, -0.25) is 4.98 Å². The number of nitrogens with zero attached hydrogens (tertiary/aromatic N) is 7. The number of fused-ring (bicyclic) bond motifs is 1. The van der Waals surface area contributed by atoms with Gasteiger partial charge in [-0.2, -0.15) is 5.10 Å². The van der Waals surface area contributed by atoms with Crippen molar-refractivity contribution in [2.75, 3.05) is 31.1 Å². The Bertz CT molecular complexity index is 972. The molecule has 8 heteroatoms. The summed E-state index contributed by atoms with van der Waals surface area (Å²) >= 11 is 0. The molecule has 3 aromatic rings. The first kappa shape index (κ1) is 20.3. The van der Waals surface area contributed by atoms with Crippen molar-refractivity contribution in [2.24, 2.45) is 0 Å². The van der Waals surface area contributed by atoms with Gasteiger partial charge in [-0.05, 0) is 59.0 Å². The van der Waals surface area contributed by atoms with Crippen LogP contribution in [0.3, 0.4) is 0 Å². The highest BCUT2D eigenvalue weighted by Crippen LogP contribution is 2.27. The zero-order valence-corrected chi connectivity index (χ0v) is 18.6. The normalized spacial score (nSPS) is 18.1. The van der Waals surface area contributed by atoms with Crippen LogP contribution in [0, 0.1) is 13.8 Å². The van der Waals surface area contributed by atoms with E-state index >= 15 is 0 Å². The largest absolute Gasteiger partial charge is 0.357 e. The van der Waals surface area contributed by atoms with E-state index in [2.05, 4.69) is 21.3 Å². The fourth-order valence-corrected chi connectivity index (χ4v) is 4.69. The lowest BCUT2D eigenvalue weighted by atomic mass is 9.94. The lowest BCUT2D eigenvalue weighted by Gasteiger charge is -2.29. The minimum atomic E-state index is 0.524. The van der Waals surface area contributed by atoms with Crippen LogP contribution in [0.5, 0.6) is 0 Å². The van der Waals surface area contributed by atoms with Crippen LogP contribution in [0.25, 0.3) is 5.65 Å². The molecule has 2 aliphatic rings. The van der Waals surface area contributed by atoms with Gasteiger partial charge >= 0.3 is 0 Å². The van der Waals surface area contributed by atoms with Crippen molar-refractivity contribution in [1.29, 1.82) is 0 Å². The molecule has 0 unspecified atom stereocenters. The SMILES string of the molecule is Cc1ncc(C)n2nc(CCc3nc(C4CCNCC4)cc(N4CCCCC4)n3)nc12. The monoisotopic (exact) mass is 420 g/mol. The van der Waals surface area contributed by atoms with Crippen molar-refractivity contribution in [3.05, 3.63) is 41.0 Å². The molecule has 31 heavy (non-hydrogen) atoms. The molecule has 0 aliphatic carbocycles. The Morgan fingerprint density at radius 2 is 1.74 bits per heavy atom. The number of rotatable bonds is 5. The molecule has 0 atom stereocenters. The molecular formula is C23H32N8. The molecule has 8 nitrogen and oxygen atoms in total. The fraction of sp³-hybridized carbons (Fsp3) is 0.609. The summed E-state index contributed by atoms with van der Waals surface area (Å²) in [6.07, 6.45) is 9.45. The second kappa shape index (κ2) is 8.86. The summed E-state index contributed by atoms with van der Waals surface area (Å²) in [5.41, 5.74) is 3.95. The smallest absolute Gasteiger partial charge is 0.177 e. The number of hydrogen-bond acceptors (Lipinski definition) is 7. The number of nitrogens with one attached hydrogen (secondary N) is 1. The number of hydrogen-bond donors (Lipinski definition) is 1. The molecule has 5 heterocycles. The third kappa shape index (κ3) is 4.39. The Kier molecular flexibility index (Phi) is 5.80. The predicted octanol–water partition coefficient (Wildman–Crippen LogP) is 2.77. The minimum absolute atomic E-state index is 0.524. The minimum Gasteiger partial charge on any atom is -0.357 e. The van der Waals surface area contributed by atoms with Crippen LogP contribution in [-0.4, -0.2) is 55.7 Å². The molecule has 2 aliphatic heterocycles. The van der Waals surface area contributed by atoms with Crippen molar-refractivity contribution in [3.8, 4) is 0 Å². The van der Waals surface area contributed by atoms with Crippen molar-refractivity contribution in [3.63, 3.8) is 0 Å². The summed E-state index contributed by atoms with van der Waals surface area (Å²) in [5, 5.41) is 8.17. The van der Waals surface area contributed by atoms with E-state index in [1.165, 1.54) is 25.0 Å². The van der Waals surface area contributed by atoms with E-state index in [4.69, 9.17) is 20.1 Å². The zero-order valence-electron chi connectivity index (χ0n) is 18.6. The maximum atomic E-state index is 5.02. The van der Waals surface area contributed by atoms with E-state index in [0.29, 0.717) is 5.92 Å².